The minimum Gasteiger partial charge on any atom is -0.307 e. The van der Waals surface area contributed by atoms with Gasteiger partial charge in [0.25, 0.3) is 0 Å². The summed E-state index contributed by atoms with van der Waals surface area (Å²) in [5.74, 6) is 1.01. The van der Waals surface area contributed by atoms with Gasteiger partial charge in [-0.15, -0.1) is 0 Å². The van der Waals surface area contributed by atoms with E-state index < -0.39 is 0 Å². The molecule has 3 aromatic rings. The van der Waals surface area contributed by atoms with Gasteiger partial charge in [0.1, 0.15) is 5.82 Å². The summed E-state index contributed by atoms with van der Waals surface area (Å²) in [7, 11) is 2.02. The van der Waals surface area contributed by atoms with Crippen molar-refractivity contribution in [2.24, 2.45) is 7.05 Å². The second-order valence-corrected chi connectivity index (χ2v) is 8.25. The topological polar surface area (TPSA) is 29.2 Å². The normalized spacial score (nSPS) is 15.7. The fraction of sp³-hybridized carbons (Fsp3) is 0.391. The number of piperazine rings is 1. The molecule has 5 nitrogen and oxygen atoms in total. The van der Waals surface area contributed by atoms with E-state index in [9.17, 15) is 0 Å². The second kappa shape index (κ2) is 9.03. The lowest BCUT2D eigenvalue weighted by atomic mass is 10.1. The van der Waals surface area contributed by atoms with Crippen molar-refractivity contribution in [3.8, 4) is 0 Å². The van der Waals surface area contributed by atoms with E-state index in [4.69, 9.17) is 17.3 Å². The Morgan fingerprint density at radius 3 is 2.28 bits per heavy atom. The van der Waals surface area contributed by atoms with Crippen molar-refractivity contribution in [1.29, 1.82) is 0 Å². The molecule has 0 unspecified atom stereocenters. The molecular formula is C23H29N5S. The molecule has 2 heterocycles. The maximum atomic E-state index is 5.65. The second-order valence-electron chi connectivity index (χ2n) is 7.88. The van der Waals surface area contributed by atoms with E-state index in [1.165, 1.54) is 16.7 Å². The highest BCUT2D eigenvalue weighted by atomic mass is 32.1. The minimum absolute atomic E-state index is 0.764. The van der Waals surface area contributed by atoms with Crippen molar-refractivity contribution in [3.63, 3.8) is 0 Å². The predicted molar refractivity (Wildman–Crippen MR) is 119 cm³/mol. The van der Waals surface area contributed by atoms with E-state index in [-0.39, 0.29) is 0 Å². The van der Waals surface area contributed by atoms with Gasteiger partial charge in [0.15, 0.2) is 4.77 Å². The lowest BCUT2D eigenvalue weighted by Crippen LogP contribution is -2.46. The van der Waals surface area contributed by atoms with E-state index >= 15 is 0 Å². The molecule has 0 saturated carbocycles. The number of hydrogen-bond donors (Lipinski definition) is 0. The van der Waals surface area contributed by atoms with Gasteiger partial charge in [-0.2, -0.15) is 5.10 Å². The van der Waals surface area contributed by atoms with Gasteiger partial charge in [-0.3, -0.25) is 9.80 Å². The van der Waals surface area contributed by atoms with Crippen LogP contribution in [-0.2, 0) is 26.7 Å². The molecule has 152 valence electrons. The zero-order valence-electron chi connectivity index (χ0n) is 17.3. The number of rotatable bonds is 6. The van der Waals surface area contributed by atoms with Crippen LogP contribution in [0.5, 0.6) is 0 Å². The molecule has 29 heavy (non-hydrogen) atoms. The highest BCUT2D eigenvalue weighted by Gasteiger charge is 2.19. The first-order chi connectivity index (χ1) is 14.1. The molecule has 0 radical (unpaired) electrons. The molecule has 1 aliphatic heterocycles. The molecular weight excluding hydrogens is 378 g/mol. The summed E-state index contributed by atoms with van der Waals surface area (Å²) in [6.07, 6.45) is 0.804. The van der Waals surface area contributed by atoms with Crippen LogP contribution in [0, 0.1) is 11.7 Å². The van der Waals surface area contributed by atoms with Crippen molar-refractivity contribution < 1.29 is 0 Å². The summed E-state index contributed by atoms with van der Waals surface area (Å²) in [6.45, 7) is 8.22. The molecule has 2 aromatic carbocycles. The van der Waals surface area contributed by atoms with Crippen LogP contribution in [0.2, 0.25) is 0 Å². The SMILES string of the molecule is Cc1ccccc1CN1CCN(Cn2nc(Cc3ccccc3)n(C)c2=S)CC1. The quantitative estimate of drug-likeness (QED) is 0.584. The summed E-state index contributed by atoms with van der Waals surface area (Å²) < 4.78 is 4.81. The van der Waals surface area contributed by atoms with Crippen LogP contribution in [0.4, 0.5) is 0 Å². The summed E-state index contributed by atoms with van der Waals surface area (Å²) in [4.78, 5) is 4.99. The molecule has 0 amide bonds. The Balaban J connectivity index is 1.35. The first kappa shape index (κ1) is 20.0. The lowest BCUT2D eigenvalue weighted by molar-refractivity contribution is 0.0978. The predicted octanol–water partition coefficient (Wildman–Crippen LogP) is 3.63. The molecule has 1 saturated heterocycles. The van der Waals surface area contributed by atoms with Crippen LogP contribution in [0.25, 0.3) is 0 Å². The Bertz CT molecular complexity index is 1000. The van der Waals surface area contributed by atoms with Crippen LogP contribution in [0.1, 0.15) is 22.5 Å². The molecule has 0 spiro atoms. The zero-order valence-corrected chi connectivity index (χ0v) is 18.1. The van der Waals surface area contributed by atoms with Crippen LogP contribution in [-0.4, -0.2) is 50.3 Å². The summed E-state index contributed by atoms with van der Waals surface area (Å²) in [6, 6.07) is 19.1. The Morgan fingerprint density at radius 1 is 0.897 bits per heavy atom. The van der Waals surface area contributed by atoms with E-state index in [1.807, 2.05) is 22.4 Å². The van der Waals surface area contributed by atoms with Crippen molar-refractivity contribution in [1.82, 2.24) is 24.1 Å². The Labute approximate surface area is 178 Å². The van der Waals surface area contributed by atoms with Crippen molar-refractivity contribution in [2.75, 3.05) is 26.2 Å². The molecule has 0 N–H and O–H groups in total. The first-order valence-electron chi connectivity index (χ1n) is 10.3. The van der Waals surface area contributed by atoms with Gasteiger partial charge in [-0.25, -0.2) is 4.68 Å². The van der Waals surface area contributed by atoms with Crippen LogP contribution >= 0.6 is 12.2 Å². The third-order valence-corrected chi connectivity index (χ3v) is 6.27. The molecule has 0 bridgehead atoms. The van der Waals surface area contributed by atoms with E-state index in [0.29, 0.717) is 0 Å². The van der Waals surface area contributed by atoms with Gasteiger partial charge >= 0.3 is 0 Å². The monoisotopic (exact) mass is 407 g/mol. The summed E-state index contributed by atoms with van der Waals surface area (Å²) >= 11 is 5.65. The van der Waals surface area contributed by atoms with Crippen molar-refractivity contribution in [2.45, 2.75) is 26.6 Å². The highest BCUT2D eigenvalue weighted by Crippen LogP contribution is 2.14. The molecule has 1 fully saturated rings. The lowest BCUT2D eigenvalue weighted by Gasteiger charge is -2.34. The van der Waals surface area contributed by atoms with Gasteiger partial charge in [-0.1, -0.05) is 54.6 Å². The van der Waals surface area contributed by atoms with Gasteiger partial charge < -0.3 is 4.57 Å². The standard InChI is InChI=1S/C23H29N5S/c1-19-8-6-7-11-21(19)17-26-12-14-27(15-13-26)18-28-23(29)25(2)22(24-28)16-20-9-4-3-5-10-20/h3-11H,12-18H2,1-2H3. The van der Waals surface area contributed by atoms with E-state index in [2.05, 4.69) is 65.3 Å². The van der Waals surface area contributed by atoms with Gasteiger partial charge in [0, 0.05) is 46.2 Å². The zero-order chi connectivity index (χ0) is 20.2. The van der Waals surface area contributed by atoms with Crippen LogP contribution in [0.3, 0.4) is 0 Å². The van der Waals surface area contributed by atoms with Gasteiger partial charge in [-0.05, 0) is 35.8 Å². The molecule has 1 aromatic heterocycles. The smallest absolute Gasteiger partial charge is 0.198 e. The fourth-order valence-electron chi connectivity index (χ4n) is 3.86. The Kier molecular flexibility index (Phi) is 6.23. The molecule has 4 rings (SSSR count). The third-order valence-electron chi connectivity index (χ3n) is 5.79. The fourth-order valence-corrected chi connectivity index (χ4v) is 4.07. The number of aromatic nitrogens is 3. The van der Waals surface area contributed by atoms with E-state index in [0.717, 1.165) is 56.4 Å². The molecule has 6 heteroatoms. The first-order valence-corrected chi connectivity index (χ1v) is 10.7. The Morgan fingerprint density at radius 2 is 1.55 bits per heavy atom. The maximum absolute atomic E-state index is 5.65. The summed E-state index contributed by atoms with van der Waals surface area (Å²) in [5, 5.41) is 4.82. The van der Waals surface area contributed by atoms with Crippen molar-refractivity contribution in [3.05, 3.63) is 81.9 Å². The largest absolute Gasteiger partial charge is 0.307 e. The minimum atomic E-state index is 0.764. The average Bonchev–Trinajstić information content (AvgIpc) is 3.00. The molecule has 0 aliphatic carbocycles. The third kappa shape index (κ3) is 4.83. The van der Waals surface area contributed by atoms with Gasteiger partial charge in [0.05, 0.1) is 6.67 Å². The van der Waals surface area contributed by atoms with Gasteiger partial charge in [0.2, 0.25) is 0 Å². The van der Waals surface area contributed by atoms with Crippen LogP contribution in [0.15, 0.2) is 54.6 Å². The van der Waals surface area contributed by atoms with Crippen LogP contribution < -0.4 is 0 Å². The average molecular weight is 408 g/mol. The highest BCUT2D eigenvalue weighted by molar-refractivity contribution is 7.71. The number of aryl methyl sites for hydroxylation is 1. The molecule has 1 aliphatic rings. The number of benzene rings is 2. The summed E-state index contributed by atoms with van der Waals surface area (Å²) in [5.41, 5.74) is 4.06. The molecule has 0 atom stereocenters. The number of nitrogens with zero attached hydrogens (tertiary/aromatic N) is 5. The maximum Gasteiger partial charge on any atom is 0.198 e. The number of hydrogen-bond acceptors (Lipinski definition) is 4. The van der Waals surface area contributed by atoms with E-state index in [1.54, 1.807) is 0 Å². The Hall–Kier alpha value is -2.28. The van der Waals surface area contributed by atoms with Crippen molar-refractivity contribution >= 4 is 12.2 Å².